The molecule has 0 radical (unpaired) electrons. The predicted octanol–water partition coefficient (Wildman–Crippen LogP) is 3.27. The van der Waals surface area contributed by atoms with Crippen LogP contribution in [0.5, 0.6) is 5.75 Å². The van der Waals surface area contributed by atoms with Gasteiger partial charge in [-0.3, -0.25) is 4.79 Å². The van der Waals surface area contributed by atoms with Crippen molar-refractivity contribution in [2.24, 2.45) is 5.92 Å². The van der Waals surface area contributed by atoms with Gasteiger partial charge in [-0.2, -0.15) is 0 Å². The number of hydrogen-bond acceptors (Lipinski definition) is 2. The second-order valence-electron chi connectivity index (χ2n) is 2.89. The summed E-state index contributed by atoms with van der Waals surface area (Å²) < 4.78 is 5.04. The molecule has 1 rings (SSSR count). The number of para-hydroxylation sites is 1. The van der Waals surface area contributed by atoms with Gasteiger partial charge < -0.3 is 4.74 Å². The van der Waals surface area contributed by atoms with Crippen molar-refractivity contribution in [2.75, 3.05) is 0 Å². The summed E-state index contributed by atoms with van der Waals surface area (Å²) in [6, 6.07) is 9.08. The molecule has 14 heavy (non-hydrogen) atoms. The molecular formula is C12H18O2. The first-order valence-electron chi connectivity index (χ1n) is 4.97. The van der Waals surface area contributed by atoms with E-state index in [0.29, 0.717) is 5.75 Å². The maximum atomic E-state index is 11.1. The lowest BCUT2D eigenvalue weighted by atomic mass is 10.2. The highest BCUT2D eigenvalue weighted by molar-refractivity contribution is 5.74. The minimum absolute atomic E-state index is 0.0785. The zero-order chi connectivity index (χ0) is 11.0. The molecule has 1 aromatic carbocycles. The summed E-state index contributed by atoms with van der Waals surface area (Å²) >= 11 is 0. The van der Waals surface area contributed by atoms with Crippen LogP contribution in [-0.4, -0.2) is 5.97 Å². The summed E-state index contributed by atoms with van der Waals surface area (Å²) in [6.45, 7) is 7.62. The molecule has 0 aromatic heterocycles. The highest BCUT2D eigenvalue weighted by atomic mass is 16.5. The number of carbonyl (C=O) groups excluding carboxylic acids is 1. The fourth-order valence-electron chi connectivity index (χ4n) is 0.723. The second-order valence-corrected chi connectivity index (χ2v) is 2.89. The van der Waals surface area contributed by atoms with Gasteiger partial charge in [0, 0.05) is 0 Å². The van der Waals surface area contributed by atoms with Crippen molar-refractivity contribution in [1.82, 2.24) is 0 Å². The first kappa shape index (κ1) is 12.7. The van der Waals surface area contributed by atoms with E-state index >= 15 is 0 Å². The second kappa shape index (κ2) is 7.13. The molecule has 2 nitrogen and oxygen atoms in total. The molecule has 78 valence electrons. The number of ether oxygens (including phenoxy) is 1. The minimum atomic E-state index is -0.193. The Hall–Kier alpha value is -1.31. The Morgan fingerprint density at radius 2 is 1.64 bits per heavy atom. The van der Waals surface area contributed by atoms with Gasteiger partial charge in [-0.15, -0.1) is 0 Å². The Morgan fingerprint density at radius 1 is 1.14 bits per heavy atom. The van der Waals surface area contributed by atoms with E-state index in [0.717, 1.165) is 0 Å². The monoisotopic (exact) mass is 194 g/mol. The normalized spacial score (nSPS) is 8.93. The predicted molar refractivity (Wildman–Crippen MR) is 58.3 cm³/mol. The Morgan fingerprint density at radius 3 is 2.07 bits per heavy atom. The molecule has 0 atom stereocenters. The first-order chi connectivity index (χ1) is 6.70. The molecule has 0 fully saturated rings. The third-order valence-electron chi connectivity index (χ3n) is 1.43. The number of benzene rings is 1. The van der Waals surface area contributed by atoms with Gasteiger partial charge >= 0.3 is 5.97 Å². The van der Waals surface area contributed by atoms with Gasteiger partial charge in [0.1, 0.15) is 5.75 Å². The number of carbonyl (C=O) groups is 1. The van der Waals surface area contributed by atoms with E-state index in [9.17, 15) is 4.79 Å². The van der Waals surface area contributed by atoms with Crippen LogP contribution in [0.15, 0.2) is 30.3 Å². The van der Waals surface area contributed by atoms with Crippen molar-refractivity contribution < 1.29 is 9.53 Å². The van der Waals surface area contributed by atoms with Gasteiger partial charge in [-0.1, -0.05) is 45.9 Å². The molecule has 0 saturated heterocycles. The number of esters is 1. The quantitative estimate of drug-likeness (QED) is 0.533. The van der Waals surface area contributed by atoms with Crippen LogP contribution in [0.4, 0.5) is 0 Å². The molecule has 0 saturated carbocycles. The maximum absolute atomic E-state index is 11.1. The van der Waals surface area contributed by atoms with E-state index in [2.05, 4.69) is 0 Å². The third-order valence-corrected chi connectivity index (χ3v) is 1.43. The Balaban J connectivity index is 0.000000791. The molecule has 0 amide bonds. The van der Waals surface area contributed by atoms with E-state index in [1.165, 1.54) is 0 Å². The molecule has 0 heterocycles. The van der Waals surface area contributed by atoms with E-state index in [-0.39, 0.29) is 11.9 Å². The van der Waals surface area contributed by atoms with Crippen LogP contribution in [0.3, 0.4) is 0 Å². The van der Waals surface area contributed by atoms with E-state index < -0.39 is 0 Å². The summed E-state index contributed by atoms with van der Waals surface area (Å²) in [6.07, 6.45) is 0. The lowest BCUT2D eigenvalue weighted by Crippen LogP contribution is -2.14. The van der Waals surface area contributed by atoms with Crippen molar-refractivity contribution in [3.05, 3.63) is 30.3 Å². The van der Waals surface area contributed by atoms with Crippen molar-refractivity contribution in [1.29, 1.82) is 0 Å². The van der Waals surface area contributed by atoms with Crippen LogP contribution in [0, 0.1) is 5.92 Å². The topological polar surface area (TPSA) is 26.3 Å². The highest BCUT2D eigenvalue weighted by Crippen LogP contribution is 2.10. The summed E-state index contributed by atoms with van der Waals surface area (Å²) in [5, 5.41) is 0. The van der Waals surface area contributed by atoms with E-state index in [4.69, 9.17) is 4.74 Å². The van der Waals surface area contributed by atoms with Crippen molar-refractivity contribution in [3.8, 4) is 5.75 Å². The molecule has 2 heteroatoms. The lowest BCUT2D eigenvalue weighted by Gasteiger charge is -2.05. The average molecular weight is 194 g/mol. The molecule has 0 aliphatic carbocycles. The molecule has 0 aliphatic rings. The first-order valence-corrected chi connectivity index (χ1v) is 4.97. The molecule has 0 aliphatic heterocycles. The zero-order valence-electron chi connectivity index (χ0n) is 9.28. The summed E-state index contributed by atoms with van der Waals surface area (Å²) in [5.74, 6) is 0.336. The standard InChI is InChI=1S/C10H12O2.C2H6/c1-8(2)10(11)12-9-6-4-3-5-7-9;1-2/h3-8H,1-2H3;1-2H3. The third kappa shape index (κ3) is 4.65. The van der Waals surface area contributed by atoms with Gasteiger partial charge in [0.2, 0.25) is 0 Å². The van der Waals surface area contributed by atoms with Crippen LogP contribution in [0.1, 0.15) is 27.7 Å². The van der Waals surface area contributed by atoms with Crippen LogP contribution in [0.25, 0.3) is 0 Å². The zero-order valence-corrected chi connectivity index (χ0v) is 9.28. The fraction of sp³-hybridized carbons (Fsp3) is 0.417. The Kier molecular flexibility index (Phi) is 6.46. The van der Waals surface area contributed by atoms with Crippen molar-refractivity contribution in [2.45, 2.75) is 27.7 Å². The van der Waals surface area contributed by atoms with Crippen LogP contribution in [-0.2, 0) is 4.79 Å². The minimum Gasteiger partial charge on any atom is -0.426 e. The van der Waals surface area contributed by atoms with Crippen LogP contribution in [0.2, 0.25) is 0 Å². The largest absolute Gasteiger partial charge is 0.426 e. The smallest absolute Gasteiger partial charge is 0.313 e. The highest BCUT2D eigenvalue weighted by Gasteiger charge is 2.08. The fourth-order valence-corrected chi connectivity index (χ4v) is 0.723. The molecule has 0 bridgehead atoms. The van der Waals surface area contributed by atoms with Gasteiger partial charge in [0.25, 0.3) is 0 Å². The van der Waals surface area contributed by atoms with Gasteiger partial charge in [-0.05, 0) is 12.1 Å². The average Bonchev–Trinajstić information content (AvgIpc) is 2.22. The van der Waals surface area contributed by atoms with Crippen molar-refractivity contribution >= 4 is 5.97 Å². The lowest BCUT2D eigenvalue weighted by molar-refractivity contribution is -0.137. The SMILES string of the molecule is CC.CC(C)C(=O)Oc1ccccc1. The van der Waals surface area contributed by atoms with Gasteiger partial charge in [0.05, 0.1) is 5.92 Å². The number of hydrogen-bond donors (Lipinski definition) is 0. The van der Waals surface area contributed by atoms with Crippen LogP contribution < -0.4 is 4.74 Å². The van der Waals surface area contributed by atoms with Gasteiger partial charge in [0.15, 0.2) is 0 Å². The molecule has 0 N–H and O–H groups in total. The Bertz CT molecular complexity index is 252. The number of rotatable bonds is 2. The van der Waals surface area contributed by atoms with Crippen molar-refractivity contribution in [3.63, 3.8) is 0 Å². The summed E-state index contributed by atoms with van der Waals surface area (Å²) in [7, 11) is 0. The molecule has 0 unspecified atom stereocenters. The van der Waals surface area contributed by atoms with Crippen LogP contribution >= 0.6 is 0 Å². The van der Waals surface area contributed by atoms with E-state index in [1.807, 2.05) is 45.9 Å². The van der Waals surface area contributed by atoms with E-state index in [1.54, 1.807) is 12.1 Å². The molecule has 0 spiro atoms. The van der Waals surface area contributed by atoms with Gasteiger partial charge in [-0.25, -0.2) is 0 Å². The summed E-state index contributed by atoms with van der Waals surface area (Å²) in [4.78, 5) is 11.1. The summed E-state index contributed by atoms with van der Waals surface area (Å²) in [5.41, 5.74) is 0. The maximum Gasteiger partial charge on any atom is 0.313 e. The Labute approximate surface area is 85.9 Å². The molecule has 1 aromatic rings. The molecular weight excluding hydrogens is 176 g/mol.